The molecule has 7 heteroatoms. The van der Waals surface area contributed by atoms with E-state index in [1.54, 1.807) is 12.1 Å². The molecule has 0 bridgehead atoms. The zero-order valence-corrected chi connectivity index (χ0v) is 18.8. The van der Waals surface area contributed by atoms with Crippen LogP contribution >= 0.6 is 11.6 Å². The second-order valence-electron chi connectivity index (χ2n) is 8.51. The van der Waals surface area contributed by atoms with Crippen LogP contribution in [0.25, 0.3) is 0 Å². The Hall–Kier alpha value is -2.28. The molecule has 166 valence electrons. The largest absolute Gasteiger partial charge is 0.312 e. The van der Waals surface area contributed by atoms with Gasteiger partial charge in [0.2, 0.25) is 0 Å². The van der Waals surface area contributed by atoms with E-state index < -0.39 is 20.4 Å². The summed E-state index contributed by atoms with van der Waals surface area (Å²) in [7, 11) is -3.79. The molecule has 3 aromatic rings. The Morgan fingerprint density at radius 1 is 1.06 bits per heavy atom. The maximum absolute atomic E-state index is 14.3. The van der Waals surface area contributed by atoms with Crippen LogP contribution in [0.4, 0.5) is 8.78 Å². The van der Waals surface area contributed by atoms with Crippen molar-refractivity contribution in [2.45, 2.75) is 41.4 Å². The van der Waals surface area contributed by atoms with Gasteiger partial charge in [0.05, 0.1) is 4.90 Å². The summed E-state index contributed by atoms with van der Waals surface area (Å²) >= 11 is 6.20. The maximum Gasteiger partial charge on any atom is 0.189 e. The molecule has 5 rings (SSSR count). The smallest absolute Gasteiger partial charge is 0.189 e. The van der Waals surface area contributed by atoms with Crippen molar-refractivity contribution in [3.05, 3.63) is 99.6 Å². The number of halogens is 3. The maximum atomic E-state index is 14.3. The van der Waals surface area contributed by atoms with Crippen molar-refractivity contribution in [3.8, 4) is 0 Å². The molecule has 0 unspecified atom stereocenters. The van der Waals surface area contributed by atoms with Crippen molar-refractivity contribution in [1.82, 2.24) is 5.32 Å². The number of hydrogen-bond donors (Lipinski definition) is 1. The summed E-state index contributed by atoms with van der Waals surface area (Å²) in [5, 5.41) is 3.75. The number of aryl methyl sites for hydroxylation is 1. The molecule has 1 fully saturated rings. The van der Waals surface area contributed by atoms with E-state index in [1.807, 2.05) is 18.2 Å². The minimum atomic E-state index is -3.79. The third-order valence-corrected chi connectivity index (χ3v) is 9.74. The molecule has 3 nitrogen and oxygen atoms in total. The summed E-state index contributed by atoms with van der Waals surface area (Å²) < 4.78 is 54.4. The molecule has 1 aliphatic heterocycles. The van der Waals surface area contributed by atoms with Gasteiger partial charge in [-0.3, -0.25) is 0 Å². The van der Waals surface area contributed by atoms with Crippen LogP contribution in [0.1, 0.15) is 35.1 Å². The Morgan fingerprint density at radius 2 is 1.84 bits per heavy atom. The van der Waals surface area contributed by atoms with Gasteiger partial charge >= 0.3 is 0 Å². The van der Waals surface area contributed by atoms with Gasteiger partial charge in [0.15, 0.2) is 9.84 Å². The molecule has 1 heterocycles. The quantitative estimate of drug-likeness (QED) is 0.531. The topological polar surface area (TPSA) is 46.2 Å². The fourth-order valence-electron chi connectivity index (χ4n) is 5.30. The first kappa shape index (κ1) is 21.6. The van der Waals surface area contributed by atoms with Crippen LogP contribution in [0.2, 0.25) is 5.02 Å². The summed E-state index contributed by atoms with van der Waals surface area (Å²) in [5.74, 6) is -0.825. The summed E-state index contributed by atoms with van der Waals surface area (Å²) in [6, 6.07) is 15.2. The molecule has 2 atom stereocenters. The third kappa shape index (κ3) is 3.28. The minimum absolute atomic E-state index is 0.127. The summed E-state index contributed by atoms with van der Waals surface area (Å²) in [4.78, 5) is 0.127. The number of hydrogen-bond acceptors (Lipinski definition) is 3. The van der Waals surface area contributed by atoms with Gasteiger partial charge in [0, 0.05) is 23.0 Å². The van der Waals surface area contributed by atoms with Gasteiger partial charge < -0.3 is 5.32 Å². The van der Waals surface area contributed by atoms with Gasteiger partial charge in [-0.2, -0.15) is 0 Å². The predicted octanol–water partition coefficient (Wildman–Crippen LogP) is 5.19. The second-order valence-corrected chi connectivity index (χ2v) is 11.1. The van der Waals surface area contributed by atoms with Gasteiger partial charge in [-0.15, -0.1) is 0 Å². The van der Waals surface area contributed by atoms with Gasteiger partial charge in [0.25, 0.3) is 0 Å². The molecule has 0 radical (unpaired) electrons. The van der Waals surface area contributed by atoms with E-state index in [4.69, 9.17) is 11.6 Å². The number of nitrogens with one attached hydrogen (secondary N) is 1. The fourth-order valence-corrected chi connectivity index (χ4v) is 7.88. The first-order valence-corrected chi connectivity index (χ1v) is 12.5. The van der Waals surface area contributed by atoms with Gasteiger partial charge in [-0.25, -0.2) is 17.2 Å². The van der Waals surface area contributed by atoms with Crippen LogP contribution < -0.4 is 5.32 Å². The standard InChI is InChI=1S/C25H22ClF2NO2S/c26-22-2-1-3-23(28)20(22)15-16-4-10-21-17(14-16)5-11-24-25(21,12-13-29-24)32(30,31)19-8-6-18(27)7-9-19/h1-4,6-10,14,24,29H,5,11-13,15H2/t24-,25-/m1/s1. The first-order valence-electron chi connectivity index (χ1n) is 10.6. The SMILES string of the molecule is O=S(=O)(c1ccc(F)cc1)[C@@]12CCN[C@@H]1CCc1cc(Cc3c(F)cccc3Cl)ccc12. The average Bonchev–Trinajstić information content (AvgIpc) is 3.23. The van der Waals surface area contributed by atoms with Crippen LogP contribution in [0.15, 0.2) is 65.6 Å². The molecule has 2 aliphatic rings. The van der Waals surface area contributed by atoms with Crippen molar-refractivity contribution in [3.63, 3.8) is 0 Å². The molecule has 0 spiro atoms. The highest BCUT2D eigenvalue weighted by molar-refractivity contribution is 7.92. The number of sulfone groups is 1. The Balaban J connectivity index is 1.60. The lowest BCUT2D eigenvalue weighted by molar-refractivity contribution is 0.415. The number of rotatable bonds is 4. The molecule has 1 N–H and O–H groups in total. The van der Waals surface area contributed by atoms with Crippen molar-refractivity contribution in [2.75, 3.05) is 6.54 Å². The van der Waals surface area contributed by atoms with E-state index in [2.05, 4.69) is 5.32 Å². The van der Waals surface area contributed by atoms with Gasteiger partial charge in [-0.1, -0.05) is 35.9 Å². The average molecular weight is 474 g/mol. The zero-order chi connectivity index (χ0) is 22.5. The van der Waals surface area contributed by atoms with Crippen molar-refractivity contribution in [2.24, 2.45) is 0 Å². The third-order valence-electron chi connectivity index (χ3n) is 6.82. The number of benzene rings is 3. The van der Waals surface area contributed by atoms with E-state index in [0.29, 0.717) is 36.4 Å². The van der Waals surface area contributed by atoms with Crippen LogP contribution in [0.5, 0.6) is 0 Å². The van der Waals surface area contributed by atoms with Gasteiger partial charge in [0.1, 0.15) is 16.4 Å². The molecule has 3 aromatic carbocycles. The van der Waals surface area contributed by atoms with E-state index in [1.165, 1.54) is 30.3 Å². The first-order chi connectivity index (χ1) is 15.3. The van der Waals surface area contributed by atoms with Gasteiger partial charge in [-0.05, 0) is 78.9 Å². The fraction of sp³-hybridized carbons (Fsp3) is 0.280. The summed E-state index contributed by atoms with van der Waals surface area (Å²) in [5.41, 5.74) is 3.06. The van der Waals surface area contributed by atoms with Crippen LogP contribution in [-0.2, 0) is 27.4 Å². The normalized spacial score (nSPS) is 22.4. The highest BCUT2D eigenvalue weighted by atomic mass is 35.5. The second kappa shape index (κ2) is 7.94. The molecule has 1 saturated heterocycles. The molecule has 1 aliphatic carbocycles. The van der Waals surface area contributed by atoms with Crippen molar-refractivity contribution >= 4 is 21.4 Å². The Bertz CT molecular complexity index is 1270. The summed E-state index contributed by atoms with van der Waals surface area (Å²) in [6.45, 7) is 0.594. The molecule has 0 amide bonds. The highest BCUT2D eigenvalue weighted by Crippen LogP contribution is 2.49. The Morgan fingerprint density at radius 3 is 2.59 bits per heavy atom. The molecule has 0 saturated carbocycles. The zero-order valence-electron chi connectivity index (χ0n) is 17.2. The van der Waals surface area contributed by atoms with E-state index >= 15 is 0 Å². The van der Waals surface area contributed by atoms with E-state index in [-0.39, 0.29) is 16.8 Å². The lowest BCUT2D eigenvalue weighted by Crippen LogP contribution is -2.49. The molecular weight excluding hydrogens is 452 g/mol. The Labute approximate surface area is 191 Å². The lowest BCUT2D eigenvalue weighted by Gasteiger charge is -2.40. The minimum Gasteiger partial charge on any atom is -0.312 e. The molecule has 0 aromatic heterocycles. The highest BCUT2D eigenvalue weighted by Gasteiger charge is 2.56. The predicted molar refractivity (Wildman–Crippen MR) is 121 cm³/mol. The number of fused-ring (bicyclic) bond motifs is 3. The van der Waals surface area contributed by atoms with Crippen molar-refractivity contribution < 1.29 is 17.2 Å². The van der Waals surface area contributed by atoms with E-state index in [9.17, 15) is 17.2 Å². The molecular formula is C25H22ClF2NO2S. The van der Waals surface area contributed by atoms with Crippen LogP contribution in [0.3, 0.4) is 0 Å². The van der Waals surface area contributed by atoms with Crippen LogP contribution in [0, 0.1) is 11.6 Å². The monoisotopic (exact) mass is 473 g/mol. The van der Waals surface area contributed by atoms with Crippen LogP contribution in [-0.4, -0.2) is 21.0 Å². The lowest BCUT2D eigenvalue weighted by atomic mass is 9.78. The van der Waals surface area contributed by atoms with Crippen molar-refractivity contribution in [1.29, 1.82) is 0 Å². The Kier molecular flexibility index (Phi) is 5.35. The van der Waals surface area contributed by atoms with E-state index in [0.717, 1.165) is 23.1 Å². The molecule has 32 heavy (non-hydrogen) atoms. The summed E-state index contributed by atoms with van der Waals surface area (Å²) in [6.07, 6.45) is 2.19.